The standard InChI is InChI=1S/C19H16Cl2N2OS/c1-12-9-18(13-4-7-16(24-2)8-5-13)23-19(22-12)25-11-14-3-6-15(20)10-17(14)21/h3-10H,11H2,1-2H3. The number of hydrogen-bond acceptors (Lipinski definition) is 4. The minimum atomic E-state index is 0.632. The number of methoxy groups -OCH3 is 1. The third kappa shape index (κ3) is 4.66. The number of rotatable bonds is 5. The highest BCUT2D eigenvalue weighted by Crippen LogP contribution is 2.29. The number of nitrogens with zero attached hydrogens (tertiary/aromatic N) is 2. The molecule has 1 aromatic heterocycles. The highest BCUT2D eigenvalue weighted by atomic mass is 35.5. The van der Waals surface area contributed by atoms with Gasteiger partial charge in [-0.3, -0.25) is 0 Å². The number of benzene rings is 2. The van der Waals surface area contributed by atoms with Gasteiger partial charge in [0.2, 0.25) is 0 Å². The molecule has 128 valence electrons. The predicted octanol–water partition coefficient (Wildman–Crippen LogP) is 6.06. The summed E-state index contributed by atoms with van der Waals surface area (Å²) in [5, 5.41) is 2.01. The molecule has 0 aliphatic rings. The maximum atomic E-state index is 6.23. The molecule has 6 heteroatoms. The van der Waals surface area contributed by atoms with E-state index in [4.69, 9.17) is 27.9 Å². The Hall–Kier alpha value is -1.75. The Bertz CT molecular complexity index is 885. The van der Waals surface area contributed by atoms with Crippen molar-refractivity contribution in [2.24, 2.45) is 0 Å². The second-order valence-corrected chi connectivity index (χ2v) is 7.22. The minimum Gasteiger partial charge on any atom is -0.497 e. The van der Waals surface area contributed by atoms with Crippen LogP contribution in [0.2, 0.25) is 10.0 Å². The summed E-state index contributed by atoms with van der Waals surface area (Å²) in [4.78, 5) is 9.18. The van der Waals surface area contributed by atoms with E-state index in [1.165, 1.54) is 0 Å². The molecule has 0 saturated heterocycles. The molecule has 0 saturated carbocycles. The number of aryl methyl sites for hydroxylation is 1. The zero-order chi connectivity index (χ0) is 17.8. The fourth-order valence-electron chi connectivity index (χ4n) is 2.30. The molecule has 0 bridgehead atoms. The van der Waals surface area contributed by atoms with E-state index in [1.807, 2.05) is 49.4 Å². The lowest BCUT2D eigenvalue weighted by Gasteiger charge is -2.08. The third-order valence-electron chi connectivity index (χ3n) is 3.59. The Labute approximate surface area is 161 Å². The van der Waals surface area contributed by atoms with E-state index >= 15 is 0 Å². The van der Waals surface area contributed by atoms with Crippen molar-refractivity contribution in [3.05, 3.63) is 69.8 Å². The lowest BCUT2D eigenvalue weighted by atomic mass is 10.1. The van der Waals surface area contributed by atoms with Gasteiger partial charge in [0.25, 0.3) is 0 Å². The van der Waals surface area contributed by atoms with Gasteiger partial charge in [-0.1, -0.05) is 41.0 Å². The number of ether oxygens (including phenoxy) is 1. The summed E-state index contributed by atoms with van der Waals surface area (Å²) >= 11 is 13.7. The first-order chi connectivity index (χ1) is 12.0. The highest BCUT2D eigenvalue weighted by Gasteiger charge is 2.08. The van der Waals surface area contributed by atoms with Gasteiger partial charge in [0.05, 0.1) is 12.8 Å². The Balaban J connectivity index is 1.81. The van der Waals surface area contributed by atoms with Gasteiger partial charge in [0.1, 0.15) is 5.75 Å². The van der Waals surface area contributed by atoms with E-state index < -0.39 is 0 Å². The first kappa shape index (κ1) is 18.1. The molecule has 0 aliphatic heterocycles. The molecule has 3 aromatic rings. The molecule has 1 heterocycles. The minimum absolute atomic E-state index is 0.632. The van der Waals surface area contributed by atoms with Gasteiger partial charge >= 0.3 is 0 Å². The van der Waals surface area contributed by atoms with Gasteiger partial charge in [-0.2, -0.15) is 0 Å². The molecule has 0 amide bonds. The largest absolute Gasteiger partial charge is 0.497 e. The fraction of sp³-hybridized carbons (Fsp3) is 0.158. The van der Waals surface area contributed by atoms with Crippen molar-refractivity contribution in [3.8, 4) is 17.0 Å². The molecular formula is C19H16Cl2N2OS. The van der Waals surface area contributed by atoms with Crippen LogP contribution in [0.4, 0.5) is 0 Å². The predicted molar refractivity (Wildman–Crippen MR) is 105 cm³/mol. The molecule has 2 aromatic carbocycles. The summed E-state index contributed by atoms with van der Waals surface area (Å²) in [5.74, 6) is 1.50. The van der Waals surface area contributed by atoms with Crippen LogP contribution < -0.4 is 4.74 Å². The van der Waals surface area contributed by atoms with Crippen LogP contribution in [0.5, 0.6) is 5.75 Å². The van der Waals surface area contributed by atoms with Crippen molar-refractivity contribution < 1.29 is 4.74 Å². The zero-order valence-electron chi connectivity index (χ0n) is 13.8. The Kier molecular flexibility index (Phi) is 5.84. The van der Waals surface area contributed by atoms with Crippen molar-refractivity contribution in [3.63, 3.8) is 0 Å². The van der Waals surface area contributed by atoms with Crippen LogP contribution >= 0.6 is 35.0 Å². The van der Waals surface area contributed by atoms with Crippen LogP contribution in [0.25, 0.3) is 11.3 Å². The van der Waals surface area contributed by atoms with E-state index in [0.717, 1.165) is 33.4 Å². The number of halogens is 2. The van der Waals surface area contributed by atoms with E-state index in [-0.39, 0.29) is 0 Å². The van der Waals surface area contributed by atoms with Crippen LogP contribution in [0, 0.1) is 6.92 Å². The first-order valence-electron chi connectivity index (χ1n) is 7.62. The van der Waals surface area contributed by atoms with E-state index in [2.05, 4.69) is 9.97 Å². The zero-order valence-corrected chi connectivity index (χ0v) is 16.1. The van der Waals surface area contributed by atoms with Crippen molar-refractivity contribution in [2.75, 3.05) is 7.11 Å². The van der Waals surface area contributed by atoms with E-state index in [1.54, 1.807) is 24.9 Å². The molecule has 0 aliphatic carbocycles. The van der Waals surface area contributed by atoms with Crippen LogP contribution in [-0.4, -0.2) is 17.1 Å². The average molecular weight is 391 g/mol. The number of aromatic nitrogens is 2. The summed E-state index contributed by atoms with van der Waals surface area (Å²) in [6, 6.07) is 15.3. The molecule has 0 fully saturated rings. The molecule has 25 heavy (non-hydrogen) atoms. The highest BCUT2D eigenvalue weighted by molar-refractivity contribution is 7.98. The first-order valence-corrected chi connectivity index (χ1v) is 9.36. The SMILES string of the molecule is COc1ccc(-c2cc(C)nc(SCc3ccc(Cl)cc3Cl)n2)cc1. The smallest absolute Gasteiger partial charge is 0.188 e. The maximum Gasteiger partial charge on any atom is 0.188 e. The van der Waals surface area contributed by atoms with Gasteiger partial charge in [-0.25, -0.2) is 9.97 Å². The molecular weight excluding hydrogens is 375 g/mol. The summed E-state index contributed by atoms with van der Waals surface area (Å²) < 4.78 is 5.20. The summed E-state index contributed by atoms with van der Waals surface area (Å²) in [7, 11) is 1.65. The summed E-state index contributed by atoms with van der Waals surface area (Å²) in [6.07, 6.45) is 0. The van der Waals surface area contributed by atoms with Gasteiger partial charge in [0, 0.05) is 27.1 Å². The van der Waals surface area contributed by atoms with Crippen molar-refractivity contribution in [1.82, 2.24) is 9.97 Å². The monoisotopic (exact) mass is 390 g/mol. The van der Waals surface area contributed by atoms with Crippen LogP contribution in [-0.2, 0) is 5.75 Å². The van der Waals surface area contributed by atoms with Gasteiger partial charge in [-0.15, -0.1) is 0 Å². The molecule has 0 N–H and O–H groups in total. The topological polar surface area (TPSA) is 35.0 Å². The van der Waals surface area contributed by atoms with Crippen molar-refractivity contribution >= 4 is 35.0 Å². The normalized spacial score (nSPS) is 10.7. The van der Waals surface area contributed by atoms with Crippen LogP contribution in [0.3, 0.4) is 0 Å². The molecule has 0 unspecified atom stereocenters. The summed E-state index contributed by atoms with van der Waals surface area (Å²) in [6.45, 7) is 1.97. The van der Waals surface area contributed by atoms with Crippen LogP contribution in [0.1, 0.15) is 11.3 Å². The third-order valence-corrected chi connectivity index (χ3v) is 5.07. The van der Waals surface area contributed by atoms with Gasteiger partial charge in [-0.05, 0) is 55.0 Å². The lowest BCUT2D eigenvalue weighted by Crippen LogP contribution is -1.94. The second-order valence-electron chi connectivity index (χ2n) is 5.43. The van der Waals surface area contributed by atoms with Crippen molar-refractivity contribution in [2.45, 2.75) is 17.8 Å². The molecule has 0 atom stereocenters. The average Bonchev–Trinajstić information content (AvgIpc) is 2.60. The Morgan fingerprint density at radius 3 is 2.44 bits per heavy atom. The molecule has 3 nitrogen and oxygen atoms in total. The number of thioether (sulfide) groups is 1. The number of hydrogen-bond donors (Lipinski definition) is 0. The quantitative estimate of drug-likeness (QED) is 0.391. The molecule has 0 spiro atoms. The summed E-state index contributed by atoms with van der Waals surface area (Å²) in [5.41, 5.74) is 3.84. The fourth-order valence-corrected chi connectivity index (χ4v) is 3.76. The molecule has 3 rings (SSSR count). The Morgan fingerprint density at radius 1 is 1.00 bits per heavy atom. The van der Waals surface area contributed by atoms with Crippen LogP contribution in [0.15, 0.2) is 53.7 Å². The second kappa shape index (κ2) is 8.09. The molecule has 0 radical (unpaired) electrons. The Morgan fingerprint density at radius 2 is 1.76 bits per heavy atom. The van der Waals surface area contributed by atoms with Gasteiger partial charge < -0.3 is 4.74 Å². The lowest BCUT2D eigenvalue weighted by molar-refractivity contribution is 0.415. The van der Waals surface area contributed by atoms with Crippen molar-refractivity contribution in [1.29, 1.82) is 0 Å². The van der Waals surface area contributed by atoms with E-state index in [0.29, 0.717) is 15.8 Å². The van der Waals surface area contributed by atoms with Gasteiger partial charge in [0.15, 0.2) is 5.16 Å². The maximum absolute atomic E-state index is 6.23. The van der Waals surface area contributed by atoms with E-state index in [9.17, 15) is 0 Å².